The minimum absolute atomic E-state index is 0.0239. The van der Waals surface area contributed by atoms with Gasteiger partial charge in [0.2, 0.25) is 0 Å². The summed E-state index contributed by atoms with van der Waals surface area (Å²) >= 11 is 17.5. The Morgan fingerprint density at radius 2 is 0.784 bits per heavy atom. The highest BCUT2D eigenvalue weighted by molar-refractivity contribution is 7.84. The number of hydrogen-bond donors (Lipinski definition) is 6. The number of ketones is 2. The van der Waals surface area contributed by atoms with E-state index >= 15 is 0 Å². The van der Waals surface area contributed by atoms with Crippen LogP contribution in [0.2, 0.25) is 15.1 Å². The highest BCUT2D eigenvalue weighted by atomic mass is 35.5. The number of nitrogens with zero attached hydrogens (tertiary/aromatic N) is 9. The molecule has 7 aromatic rings. The Morgan fingerprint density at radius 3 is 1.15 bits per heavy atom. The van der Waals surface area contributed by atoms with Crippen LogP contribution in [0.25, 0.3) is 0 Å². The van der Waals surface area contributed by atoms with Crippen molar-refractivity contribution in [3.63, 3.8) is 0 Å². The van der Waals surface area contributed by atoms with Gasteiger partial charge in [0.15, 0.2) is 11.6 Å². The molecule has 13 rings (SSSR count). The van der Waals surface area contributed by atoms with Crippen molar-refractivity contribution in [3.8, 4) is 0 Å². The molecule has 0 spiro atoms. The van der Waals surface area contributed by atoms with Crippen LogP contribution in [0.3, 0.4) is 0 Å². The van der Waals surface area contributed by atoms with Crippen LogP contribution >= 0.6 is 34.8 Å². The van der Waals surface area contributed by atoms with Crippen LogP contribution in [-0.4, -0.2) is 229 Å². The van der Waals surface area contributed by atoms with E-state index in [1.807, 2.05) is 72.7 Å². The Labute approximate surface area is 732 Å². The van der Waals surface area contributed by atoms with Gasteiger partial charge in [0.25, 0.3) is 70.9 Å². The van der Waals surface area contributed by atoms with Gasteiger partial charge in [0, 0.05) is 89.2 Å². The second kappa shape index (κ2) is 41.6. The van der Waals surface area contributed by atoms with Crippen molar-refractivity contribution >= 4 is 158 Å². The van der Waals surface area contributed by atoms with Crippen LogP contribution in [0, 0.1) is 17.8 Å². The average molecular weight is 1790 g/mol. The number of aliphatic hydroxyl groups excluding tert-OH is 1. The lowest BCUT2D eigenvalue weighted by atomic mass is 10.0. The maximum atomic E-state index is 12.6. The van der Waals surface area contributed by atoms with Crippen molar-refractivity contribution in [1.82, 2.24) is 44.4 Å². The third-order valence-corrected chi connectivity index (χ3v) is 21.7. The first-order valence-corrected chi connectivity index (χ1v) is 41.2. The summed E-state index contributed by atoms with van der Waals surface area (Å²) in [6, 6.07) is 18.7. The van der Waals surface area contributed by atoms with Gasteiger partial charge in [-0.3, -0.25) is 120 Å². The van der Waals surface area contributed by atoms with Gasteiger partial charge < -0.3 is 30.8 Å². The number of allylic oxidation sites excluding steroid dienone is 1. The number of nitrogens with one attached hydrogen (secondary N) is 1. The Bertz CT molecular complexity index is 5480. The molecule has 34 nitrogen and oxygen atoms in total. The van der Waals surface area contributed by atoms with E-state index in [9.17, 15) is 111 Å². The molecule has 3 aromatic heterocycles. The highest BCUT2D eigenvalue weighted by Gasteiger charge is 2.49. The van der Waals surface area contributed by atoms with E-state index in [1.54, 1.807) is 19.1 Å². The molecule has 6 N–H and O–H groups in total. The molecule has 9 heterocycles. The first kappa shape index (κ1) is 96.9. The molecule has 0 aliphatic carbocycles. The lowest BCUT2D eigenvalue weighted by Gasteiger charge is -2.28. The molecule has 0 radical (unpaired) electrons. The quantitative estimate of drug-likeness (QED) is 0.0206. The summed E-state index contributed by atoms with van der Waals surface area (Å²) in [7, 11) is -1.19. The molecular formula is C87H85Cl3N10O24S. The van der Waals surface area contributed by atoms with Gasteiger partial charge in [-0.1, -0.05) is 114 Å². The number of halogens is 3. The zero-order chi connectivity index (χ0) is 92.9. The fourth-order valence-corrected chi connectivity index (χ4v) is 15.0. The molecule has 0 fully saturated rings. The van der Waals surface area contributed by atoms with Crippen molar-refractivity contribution < 1.29 is 116 Å². The van der Waals surface area contributed by atoms with Gasteiger partial charge in [0.1, 0.15) is 23.9 Å². The Hall–Kier alpha value is -13.5. The molecule has 0 saturated heterocycles. The van der Waals surface area contributed by atoms with Gasteiger partial charge in [-0.15, -0.1) is 0 Å². The summed E-state index contributed by atoms with van der Waals surface area (Å²) in [6.45, 7) is 22.9. The van der Waals surface area contributed by atoms with E-state index in [4.69, 9.17) is 39.9 Å². The van der Waals surface area contributed by atoms with E-state index in [0.29, 0.717) is 16.1 Å². The summed E-state index contributed by atoms with van der Waals surface area (Å²) in [5, 5.41) is 49.7. The zero-order valence-corrected chi connectivity index (χ0v) is 71.9. The largest absolute Gasteiger partial charge is 0.511 e. The van der Waals surface area contributed by atoms with E-state index in [-0.39, 0.29) is 139 Å². The van der Waals surface area contributed by atoms with E-state index in [0.717, 1.165) is 46.3 Å². The first-order valence-electron chi connectivity index (χ1n) is 38.4. The summed E-state index contributed by atoms with van der Waals surface area (Å²) in [6.07, 6.45) is 9.89. The number of aromatic nitrogens is 3. The number of pyridine rings is 3. The van der Waals surface area contributed by atoms with Gasteiger partial charge in [0.05, 0.1) is 94.9 Å². The van der Waals surface area contributed by atoms with Crippen molar-refractivity contribution in [2.75, 3.05) is 17.3 Å². The number of benzene rings is 4. The molecule has 4 aromatic carbocycles. The maximum absolute atomic E-state index is 12.6. The van der Waals surface area contributed by atoms with Crippen molar-refractivity contribution in [2.45, 2.75) is 137 Å². The molecular weight excluding hydrogens is 1710 g/mol. The molecule has 125 heavy (non-hydrogen) atoms. The minimum Gasteiger partial charge on any atom is -0.511 e. The molecule has 38 heteroatoms. The number of fused-ring (bicyclic) bond motifs is 6. The van der Waals surface area contributed by atoms with Crippen LogP contribution in [0.5, 0.6) is 0 Å². The third-order valence-electron chi connectivity index (χ3n) is 19.9. The number of Topliss-reactive ketones (excluding diaryl/α,β-unsaturated/α-hetero) is 2. The molecule has 7 unspecified atom stereocenters. The predicted octanol–water partition coefficient (Wildman–Crippen LogP) is 11.1. The summed E-state index contributed by atoms with van der Waals surface area (Å²) in [4.78, 5) is 233. The van der Waals surface area contributed by atoms with Gasteiger partial charge in [-0.05, 0) is 143 Å². The number of rotatable bonds is 27. The van der Waals surface area contributed by atoms with Crippen molar-refractivity contribution in [2.24, 2.45) is 17.8 Å². The lowest BCUT2D eigenvalue weighted by Crippen LogP contribution is -2.45. The number of carbonyl (C=O) groups excluding carboxylic acids is 14. The summed E-state index contributed by atoms with van der Waals surface area (Å²) in [5.74, 6) is -12.1. The predicted molar refractivity (Wildman–Crippen MR) is 452 cm³/mol. The second-order valence-corrected chi connectivity index (χ2v) is 33.0. The maximum Gasteiger partial charge on any atom is 0.326 e. The molecule has 654 valence electrons. The van der Waals surface area contributed by atoms with E-state index < -0.39 is 148 Å². The Morgan fingerprint density at radius 1 is 0.432 bits per heavy atom. The summed E-state index contributed by atoms with van der Waals surface area (Å²) in [5.41, 5.74) is 4.93. The molecule has 12 amide bonds. The molecule has 7 atom stereocenters. The number of amides is 12. The second-order valence-electron chi connectivity index (χ2n) is 30.2. The Kier molecular flexibility index (Phi) is 32.2. The topological polar surface area (TPSA) is 496 Å². The van der Waals surface area contributed by atoms with Gasteiger partial charge in [-0.2, -0.15) is 0 Å². The monoisotopic (exact) mass is 1790 g/mol. The van der Waals surface area contributed by atoms with Crippen LogP contribution < -0.4 is 5.32 Å². The lowest BCUT2D eigenvalue weighted by molar-refractivity contribution is -0.142. The van der Waals surface area contributed by atoms with Crippen LogP contribution in [0.1, 0.15) is 224 Å². The average Bonchev–Trinajstić information content (AvgIpc) is 1.65. The minimum atomic E-state index is -1.29. The SMILES string of the molecule is C=C(C)Nc1ccc(CC(=O)C(C)N2C(=O)c3ccncc3C2=O)cc1.C=C(O)C(C(C)C)N1C(=O)c2ccncc2C1=O.CC(=O)C(CCC(=O)O)N1C(=O)c2cc(Cl)c(Cl)cc2C1=O.CC(C)CC(C(=O)O)N1C(=O)c2ccc(Cl)cc2C1=O.CC(C)CC(C(=O)O)N1C(=O)c2ccncc2C1=O.CS(=O)CCC(C(=O)O)N1C(=O)c2ccccc2C1=O. The number of carboxylic acids is 4. The number of imide groups is 6. The van der Waals surface area contributed by atoms with E-state index in [2.05, 4.69) is 33.4 Å². The fraction of sp³-hybridized carbons (Fsp3) is 0.299. The standard InChI is InChI=1S/C20H19N3O3.C14H11Cl2NO5.C14H14ClNO4.C13H14N2O4.C13H14N2O3.C13H13NO5S/c1-12(2)22-15-6-4-14(5-7-15)10-18(24)13(3)23-19(25)16-8-9-21-11-17(16)20(23)26;1-6(18)11(2-3-12(19)20)17-13(21)7-4-9(15)10(16)5-8(7)14(17)22;1-7(2)5-11(14(19)20)16-12(17)9-4-3-8(15)6-10(9)13(16)18;1-7(2)5-10(13(18)19)15-11(16)8-3-4-14-6-9(8)12(15)17;1-7(2)11(8(3)16)15-12(17)9-4-5-14-6-10(9)13(15)18;1-20(19)7-6-10(13(17)18)14-11(15)8-4-2-3-5-9(8)12(14)16/h4-9,11,13,22H,1,10H2,2-3H3;4-5,11H,2-3H2,1H3,(H,19,20);3-4,6-7,11H,5H2,1-2H3,(H,19,20);3-4,6-7,10H,5H2,1-2H3,(H,18,19);4-7,11,16H,3H2,1-2H3;2-5,10H,6-7H2,1H3,(H,17,18). The van der Waals surface area contributed by atoms with Crippen LogP contribution in [-0.2, 0) is 46.0 Å². The molecule has 0 saturated carbocycles. The number of aliphatic carboxylic acids is 4. The highest BCUT2D eigenvalue weighted by Crippen LogP contribution is 2.36. The number of hydrogen-bond acceptors (Lipinski definition) is 24. The fourth-order valence-electron chi connectivity index (χ4n) is 14.0. The molecule has 6 aliphatic rings. The molecule has 6 aliphatic heterocycles. The van der Waals surface area contributed by atoms with Crippen molar-refractivity contribution in [1.29, 1.82) is 0 Å². The Balaban J connectivity index is 0.000000187. The number of anilines is 1. The van der Waals surface area contributed by atoms with E-state index in [1.165, 1.54) is 111 Å². The number of carboxylic acid groups (broad SMARTS) is 4. The summed E-state index contributed by atoms with van der Waals surface area (Å²) < 4.78 is 11.1. The van der Waals surface area contributed by atoms with Gasteiger partial charge >= 0.3 is 23.9 Å². The third kappa shape index (κ3) is 21.9. The van der Waals surface area contributed by atoms with Crippen LogP contribution in [0.15, 0.2) is 159 Å². The normalized spacial score (nSPS) is 15.5. The number of aliphatic hydroxyl groups is 1. The smallest absolute Gasteiger partial charge is 0.326 e. The van der Waals surface area contributed by atoms with Crippen molar-refractivity contribution in [3.05, 3.63) is 246 Å². The first-order chi connectivity index (χ1) is 58.7. The van der Waals surface area contributed by atoms with Gasteiger partial charge in [-0.25, -0.2) is 14.4 Å². The number of carbonyl (C=O) groups is 18. The molecule has 0 bridgehead atoms. The zero-order valence-electron chi connectivity index (χ0n) is 68.8. The van der Waals surface area contributed by atoms with Crippen LogP contribution in [0.4, 0.5) is 5.69 Å².